The van der Waals surface area contributed by atoms with E-state index in [0.29, 0.717) is 51.5 Å². The number of alkyl carbamates (subject to hydrolysis) is 1. The molecule has 1 aliphatic heterocycles. The standard InChI is InChI=1S/C36H49N3O8/c40-21-23-45-22-20-37-33(41)25-30-16-8-3-9-17-31(24-28-12-4-1-5-13-28)35(43)46-27-32(39-34(30)42)18-10-11-19-38-36(44)47-26-29-14-6-2-7-15-29/h1-8,12-15,30-32,40H,9-11,16-27H2,(H,37,41)(H,38,44)(H,39,42)/t30-,31-,32+/m1/s1. The number of esters is 1. The van der Waals surface area contributed by atoms with E-state index in [4.69, 9.17) is 19.3 Å². The number of rotatable bonds is 16. The molecule has 0 saturated carbocycles. The Bertz CT molecular complexity index is 1240. The maximum Gasteiger partial charge on any atom is 0.407 e. The van der Waals surface area contributed by atoms with Gasteiger partial charge in [-0.2, -0.15) is 0 Å². The molecule has 3 amide bonds. The first-order chi connectivity index (χ1) is 22.9. The second-order valence-corrected chi connectivity index (χ2v) is 11.6. The smallest absolute Gasteiger partial charge is 0.407 e. The van der Waals surface area contributed by atoms with Gasteiger partial charge in [0.25, 0.3) is 0 Å². The van der Waals surface area contributed by atoms with Crippen LogP contribution in [-0.4, -0.2) is 74.5 Å². The van der Waals surface area contributed by atoms with Crippen LogP contribution in [0.25, 0.3) is 0 Å². The number of allylic oxidation sites excluding steroid dienone is 2. The molecule has 4 N–H and O–H groups in total. The molecule has 1 aliphatic rings. The molecular weight excluding hydrogens is 602 g/mol. The SMILES string of the molecule is O=C(C[C@H]1CC=CCC[C@H](Cc2ccccc2)C(=O)OC[C@H](CCCCNC(=O)OCc2ccccc2)NC1=O)NCCOCCO. The Kier molecular flexibility index (Phi) is 17.7. The van der Waals surface area contributed by atoms with Crippen molar-refractivity contribution in [3.8, 4) is 0 Å². The van der Waals surface area contributed by atoms with Crippen molar-refractivity contribution in [2.75, 3.05) is 39.5 Å². The molecule has 2 aromatic rings. The van der Waals surface area contributed by atoms with Crippen LogP contribution < -0.4 is 16.0 Å². The molecule has 0 spiro atoms. The predicted octanol–water partition coefficient (Wildman–Crippen LogP) is 3.84. The second kappa shape index (κ2) is 22.3. The largest absolute Gasteiger partial charge is 0.463 e. The molecule has 47 heavy (non-hydrogen) atoms. The van der Waals surface area contributed by atoms with E-state index in [-0.39, 0.29) is 69.7 Å². The van der Waals surface area contributed by atoms with E-state index < -0.39 is 18.1 Å². The number of aliphatic hydroxyl groups is 1. The van der Waals surface area contributed by atoms with Crippen molar-refractivity contribution in [3.05, 3.63) is 83.9 Å². The highest BCUT2D eigenvalue weighted by atomic mass is 16.5. The van der Waals surface area contributed by atoms with Crippen molar-refractivity contribution in [1.82, 2.24) is 16.0 Å². The first kappa shape index (κ1) is 37.2. The number of hydrogen-bond donors (Lipinski definition) is 4. The number of amides is 3. The van der Waals surface area contributed by atoms with Gasteiger partial charge in [-0.3, -0.25) is 14.4 Å². The molecule has 0 aromatic heterocycles. The highest BCUT2D eigenvalue weighted by molar-refractivity contribution is 5.86. The molecule has 0 saturated heterocycles. The van der Waals surface area contributed by atoms with Gasteiger partial charge in [0.2, 0.25) is 11.8 Å². The predicted molar refractivity (Wildman–Crippen MR) is 177 cm³/mol. The zero-order chi connectivity index (χ0) is 33.5. The minimum absolute atomic E-state index is 0.00563. The number of unbranched alkanes of at least 4 members (excludes halogenated alkanes) is 1. The van der Waals surface area contributed by atoms with Crippen LogP contribution in [-0.2, 0) is 41.6 Å². The minimum Gasteiger partial charge on any atom is -0.463 e. The molecule has 0 radical (unpaired) electrons. The number of hydrogen-bond acceptors (Lipinski definition) is 8. The summed E-state index contributed by atoms with van der Waals surface area (Å²) in [7, 11) is 0. The number of carbonyl (C=O) groups excluding carboxylic acids is 4. The van der Waals surface area contributed by atoms with Crippen LogP contribution in [0.1, 0.15) is 56.1 Å². The lowest BCUT2D eigenvalue weighted by Crippen LogP contribution is -2.43. The number of aliphatic hydroxyl groups excluding tert-OH is 1. The van der Waals surface area contributed by atoms with Crippen molar-refractivity contribution in [2.45, 2.75) is 64.0 Å². The zero-order valence-corrected chi connectivity index (χ0v) is 27.1. The number of carbonyl (C=O) groups is 4. The van der Waals surface area contributed by atoms with E-state index in [1.165, 1.54) is 0 Å². The van der Waals surface area contributed by atoms with Crippen LogP contribution in [0, 0.1) is 11.8 Å². The Morgan fingerprint density at radius 1 is 0.894 bits per heavy atom. The molecule has 0 unspecified atom stereocenters. The van der Waals surface area contributed by atoms with Crippen molar-refractivity contribution in [3.63, 3.8) is 0 Å². The van der Waals surface area contributed by atoms with Gasteiger partial charge in [-0.1, -0.05) is 72.8 Å². The van der Waals surface area contributed by atoms with Gasteiger partial charge in [0.1, 0.15) is 13.2 Å². The summed E-state index contributed by atoms with van der Waals surface area (Å²) >= 11 is 0. The van der Waals surface area contributed by atoms with Crippen molar-refractivity contribution < 1.29 is 38.5 Å². The molecule has 3 atom stereocenters. The molecule has 3 rings (SSSR count). The second-order valence-electron chi connectivity index (χ2n) is 11.6. The van der Waals surface area contributed by atoms with Crippen LogP contribution in [0.2, 0.25) is 0 Å². The van der Waals surface area contributed by atoms with E-state index >= 15 is 0 Å². The summed E-state index contributed by atoms with van der Waals surface area (Å²) in [4.78, 5) is 51.4. The van der Waals surface area contributed by atoms with Crippen LogP contribution in [0.4, 0.5) is 4.79 Å². The first-order valence-electron chi connectivity index (χ1n) is 16.5. The van der Waals surface area contributed by atoms with Gasteiger partial charge in [0, 0.05) is 19.5 Å². The molecule has 11 nitrogen and oxygen atoms in total. The Morgan fingerprint density at radius 2 is 1.64 bits per heavy atom. The normalized spacial score (nSPS) is 18.9. The summed E-state index contributed by atoms with van der Waals surface area (Å²) in [6.45, 7) is 1.23. The molecule has 256 valence electrons. The Morgan fingerprint density at radius 3 is 2.38 bits per heavy atom. The molecule has 1 heterocycles. The van der Waals surface area contributed by atoms with Crippen LogP contribution in [0.3, 0.4) is 0 Å². The van der Waals surface area contributed by atoms with Gasteiger partial charge in [0.15, 0.2) is 0 Å². The van der Waals surface area contributed by atoms with Gasteiger partial charge in [-0.05, 0) is 56.1 Å². The molecule has 0 fully saturated rings. The quantitative estimate of drug-likeness (QED) is 0.121. The van der Waals surface area contributed by atoms with Gasteiger partial charge in [-0.25, -0.2) is 4.79 Å². The summed E-state index contributed by atoms with van der Waals surface area (Å²) in [6, 6.07) is 18.8. The average Bonchev–Trinajstić information content (AvgIpc) is 3.09. The third kappa shape index (κ3) is 15.8. The lowest BCUT2D eigenvalue weighted by molar-refractivity contribution is -0.150. The Balaban J connectivity index is 1.57. The average molecular weight is 652 g/mol. The summed E-state index contributed by atoms with van der Waals surface area (Å²) in [5.74, 6) is -1.80. The molecule has 2 aromatic carbocycles. The number of ether oxygens (including phenoxy) is 3. The van der Waals surface area contributed by atoms with Crippen molar-refractivity contribution in [1.29, 1.82) is 0 Å². The first-order valence-corrected chi connectivity index (χ1v) is 16.5. The van der Waals surface area contributed by atoms with E-state index in [0.717, 1.165) is 11.1 Å². The fraction of sp³-hybridized carbons (Fsp3) is 0.500. The fourth-order valence-electron chi connectivity index (χ4n) is 5.18. The highest BCUT2D eigenvalue weighted by Gasteiger charge is 2.26. The Hall–Kier alpha value is -4.22. The maximum atomic E-state index is 13.4. The van der Waals surface area contributed by atoms with Gasteiger partial charge >= 0.3 is 12.1 Å². The number of benzene rings is 2. The van der Waals surface area contributed by atoms with Crippen molar-refractivity contribution >= 4 is 23.9 Å². The lowest BCUT2D eigenvalue weighted by Gasteiger charge is -2.23. The number of cyclic esters (lactones) is 1. The van der Waals surface area contributed by atoms with Gasteiger partial charge in [0.05, 0.1) is 37.7 Å². The van der Waals surface area contributed by atoms with E-state index in [9.17, 15) is 19.2 Å². The number of nitrogens with one attached hydrogen (secondary N) is 3. The van der Waals surface area contributed by atoms with Gasteiger partial charge < -0.3 is 35.3 Å². The fourth-order valence-corrected chi connectivity index (χ4v) is 5.18. The van der Waals surface area contributed by atoms with E-state index in [2.05, 4.69) is 16.0 Å². The molecule has 11 heteroatoms. The van der Waals surface area contributed by atoms with Crippen LogP contribution in [0.15, 0.2) is 72.8 Å². The minimum atomic E-state index is -0.607. The third-order valence-corrected chi connectivity index (χ3v) is 7.77. The van der Waals surface area contributed by atoms with Gasteiger partial charge in [-0.15, -0.1) is 0 Å². The maximum absolute atomic E-state index is 13.4. The summed E-state index contributed by atoms with van der Waals surface area (Å²) in [5, 5.41) is 17.4. The summed E-state index contributed by atoms with van der Waals surface area (Å²) in [5.41, 5.74) is 1.95. The lowest BCUT2D eigenvalue weighted by atomic mass is 9.94. The summed E-state index contributed by atoms with van der Waals surface area (Å²) < 4.78 is 16.2. The topological polar surface area (TPSA) is 152 Å². The molecule has 0 aliphatic carbocycles. The monoisotopic (exact) mass is 651 g/mol. The molecular formula is C36H49N3O8. The van der Waals surface area contributed by atoms with Crippen LogP contribution >= 0.6 is 0 Å². The van der Waals surface area contributed by atoms with E-state index in [1.807, 2.05) is 72.8 Å². The highest BCUT2D eigenvalue weighted by Crippen LogP contribution is 2.19. The zero-order valence-electron chi connectivity index (χ0n) is 27.1. The van der Waals surface area contributed by atoms with Crippen LogP contribution in [0.5, 0.6) is 0 Å². The molecule has 0 bridgehead atoms. The van der Waals surface area contributed by atoms with E-state index in [1.54, 1.807) is 0 Å². The third-order valence-electron chi connectivity index (χ3n) is 7.77. The Labute approximate surface area is 277 Å². The van der Waals surface area contributed by atoms with Crippen molar-refractivity contribution in [2.24, 2.45) is 11.8 Å². The summed E-state index contributed by atoms with van der Waals surface area (Å²) in [6.07, 6.45) is 7.31.